The summed E-state index contributed by atoms with van der Waals surface area (Å²) in [6.07, 6.45) is 3.51. The molecule has 1 saturated heterocycles. The zero-order chi connectivity index (χ0) is 28.3. The molecule has 5 rings (SSSR count). The second-order valence-electron chi connectivity index (χ2n) is 11.0. The predicted octanol–water partition coefficient (Wildman–Crippen LogP) is 5.03. The molecule has 0 radical (unpaired) electrons. The predicted molar refractivity (Wildman–Crippen MR) is 154 cm³/mol. The highest BCUT2D eigenvalue weighted by Gasteiger charge is 2.53. The van der Waals surface area contributed by atoms with Crippen LogP contribution >= 0.6 is 0 Å². The van der Waals surface area contributed by atoms with Crippen molar-refractivity contribution in [1.82, 2.24) is 10.2 Å². The van der Waals surface area contributed by atoms with Crippen molar-refractivity contribution in [2.45, 2.75) is 50.7 Å². The number of nitrogens with zero attached hydrogens (tertiary/aromatic N) is 1. The highest BCUT2D eigenvalue weighted by Crippen LogP contribution is 2.50. The second kappa shape index (κ2) is 11.6. The fourth-order valence-electron chi connectivity index (χ4n) is 6.69. The molecule has 40 heavy (non-hydrogen) atoms. The van der Waals surface area contributed by atoms with E-state index in [1.165, 1.54) is 13.8 Å². The first-order valence-electron chi connectivity index (χ1n) is 13.9. The molecular weight excluding hydrogens is 504 g/mol. The monoisotopic (exact) mass is 540 g/mol. The van der Waals surface area contributed by atoms with Crippen molar-refractivity contribution in [3.05, 3.63) is 90.5 Å². The van der Waals surface area contributed by atoms with Gasteiger partial charge in [0.25, 0.3) is 5.91 Å². The van der Waals surface area contributed by atoms with Crippen LogP contribution in [0.4, 0.5) is 0 Å². The van der Waals surface area contributed by atoms with Gasteiger partial charge in [0.15, 0.2) is 0 Å². The normalized spacial score (nSPS) is 24.5. The molecule has 4 atom stereocenters. The van der Waals surface area contributed by atoms with E-state index in [-0.39, 0.29) is 29.8 Å². The highest BCUT2D eigenvalue weighted by molar-refractivity contribution is 5.98. The molecular formula is C33H36N2O5. The minimum absolute atomic E-state index is 0.00787. The highest BCUT2D eigenvalue weighted by atomic mass is 16.5. The number of carbonyl (C=O) groups is 3. The first-order valence-corrected chi connectivity index (χ1v) is 13.9. The average molecular weight is 541 g/mol. The Morgan fingerprint density at radius 2 is 1.82 bits per heavy atom. The zero-order valence-corrected chi connectivity index (χ0v) is 23.1. The molecule has 1 aliphatic carbocycles. The topological polar surface area (TPSA) is 84.9 Å². The minimum atomic E-state index is -0.395. The standard InChI is InChI=1S/C33H36N2O5/c1-4-15-35-16-14-33(27-10-7-11-29(18-27)39-22(2)36)20-28(19-31(30(33)21-35)40-23(3)37)34-32(38)26-13-12-24-8-5-6-9-25(24)17-26/h4-13,17-18,28,30-31H,1,14-16,19-21H2,2-3H3,(H,34,38)/t28-,30+,31?,33+/m1/s1. The zero-order valence-electron chi connectivity index (χ0n) is 23.1. The summed E-state index contributed by atoms with van der Waals surface area (Å²) in [5.41, 5.74) is 1.22. The molecule has 1 amide bonds. The van der Waals surface area contributed by atoms with Gasteiger partial charge >= 0.3 is 11.9 Å². The second-order valence-corrected chi connectivity index (χ2v) is 11.0. The molecule has 0 aromatic heterocycles. The van der Waals surface area contributed by atoms with E-state index in [0.717, 1.165) is 42.4 Å². The van der Waals surface area contributed by atoms with Crippen molar-refractivity contribution in [2.75, 3.05) is 19.6 Å². The quantitative estimate of drug-likeness (QED) is 0.257. The van der Waals surface area contributed by atoms with Crippen LogP contribution in [0.15, 0.2) is 79.4 Å². The van der Waals surface area contributed by atoms with Crippen molar-refractivity contribution in [2.24, 2.45) is 5.92 Å². The van der Waals surface area contributed by atoms with E-state index in [2.05, 4.69) is 22.9 Å². The minimum Gasteiger partial charge on any atom is -0.462 e. The van der Waals surface area contributed by atoms with E-state index < -0.39 is 11.5 Å². The van der Waals surface area contributed by atoms with Gasteiger partial charge in [-0.05, 0) is 60.0 Å². The van der Waals surface area contributed by atoms with E-state index in [1.807, 2.05) is 60.7 Å². The smallest absolute Gasteiger partial charge is 0.308 e. The maximum Gasteiger partial charge on any atom is 0.308 e. The van der Waals surface area contributed by atoms with E-state index in [4.69, 9.17) is 9.47 Å². The van der Waals surface area contributed by atoms with E-state index in [1.54, 1.807) is 6.07 Å². The number of carbonyl (C=O) groups excluding carboxylic acids is 3. The van der Waals surface area contributed by atoms with Gasteiger partial charge in [-0.25, -0.2) is 0 Å². The third-order valence-electron chi connectivity index (χ3n) is 8.34. The number of amides is 1. The molecule has 0 bridgehead atoms. The fraction of sp³-hybridized carbons (Fsp3) is 0.364. The van der Waals surface area contributed by atoms with Crippen LogP contribution in [0, 0.1) is 5.92 Å². The Hall–Kier alpha value is -3.97. The van der Waals surface area contributed by atoms with Crippen molar-refractivity contribution < 1.29 is 23.9 Å². The molecule has 7 heteroatoms. The number of fused-ring (bicyclic) bond motifs is 2. The van der Waals surface area contributed by atoms with Crippen LogP contribution in [-0.2, 0) is 19.7 Å². The van der Waals surface area contributed by atoms with Crippen LogP contribution in [-0.4, -0.2) is 54.5 Å². The molecule has 3 aromatic carbocycles. The van der Waals surface area contributed by atoms with Crippen molar-refractivity contribution in [3.8, 4) is 5.75 Å². The molecule has 1 aliphatic heterocycles. The number of hydrogen-bond acceptors (Lipinski definition) is 6. The number of rotatable bonds is 7. The largest absolute Gasteiger partial charge is 0.462 e. The Labute approximate surface area is 235 Å². The third kappa shape index (κ3) is 5.80. The van der Waals surface area contributed by atoms with Crippen molar-refractivity contribution in [3.63, 3.8) is 0 Å². The molecule has 2 aliphatic rings. The first-order chi connectivity index (χ1) is 19.3. The summed E-state index contributed by atoms with van der Waals surface area (Å²) in [6.45, 7) is 9.04. The number of hydrogen-bond donors (Lipinski definition) is 1. The maximum absolute atomic E-state index is 13.5. The Bertz CT molecular complexity index is 1440. The Kier molecular flexibility index (Phi) is 8.03. The summed E-state index contributed by atoms with van der Waals surface area (Å²) in [5, 5.41) is 5.35. The lowest BCUT2D eigenvalue weighted by atomic mass is 9.57. The lowest BCUT2D eigenvalue weighted by Crippen LogP contribution is -2.61. The summed E-state index contributed by atoms with van der Waals surface area (Å²) in [6, 6.07) is 21.1. The molecule has 2 fully saturated rings. The summed E-state index contributed by atoms with van der Waals surface area (Å²) in [7, 11) is 0. The Morgan fingerprint density at radius 1 is 1.02 bits per heavy atom. The fourth-order valence-corrected chi connectivity index (χ4v) is 6.69. The van der Waals surface area contributed by atoms with Crippen LogP contribution in [0.2, 0.25) is 0 Å². The van der Waals surface area contributed by atoms with Crippen LogP contribution in [0.3, 0.4) is 0 Å². The van der Waals surface area contributed by atoms with Crippen LogP contribution in [0.1, 0.15) is 49.0 Å². The van der Waals surface area contributed by atoms with Gasteiger partial charge < -0.3 is 14.8 Å². The van der Waals surface area contributed by atoms with Crippen molar-refractivity contribution in [1.29, 1.82) is 0 Å². The van der Waals surface area contributed by atoms with Crippen LogP contribution in [0.25, 0.3) is 10.8 Å². The molecule has 1 unspecified atom stereocenters. The average Bonchev–Trinajstić information content (AvgIpc) is 2.93. The van der Waals surface area contributed by atoms with Gasteiger partial charge in [0.2, 0.25) is 0 Å². The molecule has 1 saturated carbocycles. The van der Waals surface area contributed by atoms with Crippen LogP contribution < -0.4 is 10.1 Å². The number of esters is 2. The summed E-state index contributed by atoms with van der Waals surface area (Å²) < 4.78 is 11.4. The first kappa shape index (κ1) is 27.6. The van der Waals surface area contributed by atoms with Gasteiger partial charge in [-0.15, -0.1) is 6.58 Å². The number of likely N-dealkylation sites (tertiary alicyclic amines) is 1. The number of piperidine rings is 1. The summed E-state index contributed by atoms with van der Waals surface area (Å²) in [4.78, 5) is 39.8. The molecule has 1 heterocycles. The Balaban J connectivity index is 1.50. The molecule has 1 N–H and O–H groups in total. The number of ether oxygens (including phenoxy) is 2. The van der Waals surface area contributed by atoms with E-state index in [0.29, 0.717) is 24.2 Å². The van der Waals surface area contributed by atoms with Gasteiger partial charge in [-0.3, -0.25) is 19.3 Å². The summed E-state index contributed by atoms with van der Waals surface area (Å²) >= 11 is 0. The van der Waals surface area contributed by atoms with Gasteiger partial charge in [0.1, 0.15) is 11.9 Å². The van der Waals surface area contributed by atoms with E-state index >= 15 is 0 Å². The molecule has 3 aromatic rings. The van der Waals surface area contributed by atoms with Gasteiger partial charge in [0.05, 0.1) is 0 Å². The van der Waals surface area contributed by atoms with Gasteiger partial charge in [-0.1, -0.05) is 48.5 Å². The SMILES string of the molecule is C=CCN1CC[C@@]2(c3cccc(OC(C)=O)c3)C[C@H](NC(=O)c3ccc4ccccc4c3)CC(OC(C)=O)[C@@H]2C1. The number of nitrogens with one attached hydrogen (secondary N) is 1. The molecule has 0 spiro atoms. The van der Waals surface area contributed by atoms with E-state index in [9.17, 15) is 14.4 Å². The van der Waals surface area contributed by atoms with Gasteiger partial charge in [0, 0.05) is 56.3 Å². The summed E-state index contributed by atoms with van der Waals surface area (Å²) in [5.74, 6) is -0.392. The lowest BCUT2D eigenvalue weighted by Gasteiger charge is -2.55. The molecule has 7 nitrogen and oxygen atoms in total. The third-order valence-corrected chi connectivity index (χ3v) is 8.34. The van der Waals surface area contributed by atoms with Gasteiger partial charge in [-0.2, -0.15) is 0 Å². The maximum atomic E-state index is 13.5. The van der Waals surface area contributed by atoms with Crippen LogP contribution in [0.5, 0.6) is 5.75 Å². The van der Waals surface area contributed by atoms with Crippen molar-refractivity contribution >= 4 is 28.6 Å². The number of benzene rings is 3. The Morgan fingerprint density at radius 3 is 2.58 bits per heavy atom. The lowest BCUT2D eigenvalue weighted by molar-refractivity contribution is -0.157. The molecule has 208 valence electrons.